The van der Waals surface area contributed by atoms with Crippen LogP contribution in [-0.4, -0.2) is 13.9 Å². The van der Waals surface area contributed by atoms with Crippen molar-refractivity contribution in [3.8, 4) is 28.0 Å². The van der Waals surface area contributed by atoms with E-state index >= 15 is 0 Å². The van der Waals surface area contributed by atoms with Gasteiger partial charge < -0.3 is 14.0 Å². The average Bonchev–Trinajstić information content (AvgIpc) is 3.98. The van der Waals surface area contributed by atoms with Crippen molar-refractivity contribution in [2.75, 3.05) is 9.80 Å². The van der Waals surface area contributed by atoms with E-state index in [4.69, 9.17) is 4.18 Å². The van der Waals surface area contributed by atoms with Gasteiger partial charge in [0, 0.05) is 63.1 Å². The summed E-state index contributed by atoms with van der Waals surface area (Å²) in [7, 11) is -6.19. The number of hydrogen-bond donors (Lipinski definition) is 0. The Morgan fingerprint density at radius 2 is 0.957 bits per heavy atom. The fourth-order valence-electron chi connectivity index (χ4n) is 8.54. The van der Waals surface area contributed by atoms with Gasteiger partial charge in [0.15, 0.2) is 5.75 Å². The molecule has 11 heteroatoms. The Kier molecular flexibility index (Phi) is 14.9. The molecule has 8 aromatic carbocycles. The lowest BCUT2D eigenvalue weighted by atomic mass is 10.0. The van der Waals surface area contributed by atoms with Crippen LogP contribution in [0.4, 0.5) is 41.6 Å². The Labute approximate surface area is 415 Å². The fraction of sp³-hybridized carbons (Fsp3) is 0.119. The minimum absolute atomic E-state index is 0.0657. The third kappa shape index (κ3) is 9.44. The third-order valence-corrected chi connectivity index (χ3v) is 14.9. The van der Waals surface area contributed by atoms with Crippen LogP contribution in [0.2, 0.25) is 0 Å². The molecule has 0 atom stereocenters. The smallest absolute Gasteiger partial charge is 0.371 e. The molecule has 0 aliphatic rings. The number of para-hydroxylation sites is 2. The number of allylic oxidation sites excluding steroid dienone is 3. The van der Waals surface area contributed by atoms with Gasteiger partial charge in [-0.2, -0.15) is 21.6 Å². The van der Waals surface area contributed by atoms with E-state index < -0.39 is 21.4 Å². The second-order valence-electron chi connectivity index (χ2n) is 15.5. The molecular weight excluding hydrogens is 938 g/mol. The van der Waals surface area contributed by atoms with Crippen LogP contribution in [-0.2, 0) is 10.1 Å². The molecule has 0 radical (unpaired) electrons. The number of thiophene rings is 2. The van der Waals surface area contributed by atoms with E-state index in [0.717, 1.165) is 42.4 Å². The summed E-state index contributed by atoms with van der Waals surface area (Å²) >= 11 is 3.44. The average molecular weight is 989 g/mol. The molecule has 0 unspecified atom stereocenters. The van der Waals surface area contributed by atoms with Gasteiger partial charge in [0.25, 0.3) is 0 Å². The second-order valence-corrected chi connectivity index (χ2v) is 19.1. The fourth-order valence-corrected chi connectivity index (χ4v) is 11.5. The van der Waals surface area contributed by atoms with Gasteiger partial charge in [-0.1, -0.05) is 161 Å². The largest absolute Gasteiger partial charge is 0.534 e. The number of fused-ring (bicyclic) bond motifs is 6. The zero-order valence-electron chi connectivity index (χ0n) is 39.5. The minimum Gasteiger partial charge on any atom is -0.371 e. The Hall–Kier alpha value is -7.18. The molecule has 354 valence electrons. The molecule has 0 aliphatic carbocycles. The van der Waals surface area contributed by atoms with Crippen molar-refractivity contribution in [2.45, 2.75) is 47.1 Å². The van der Waals surface area contributed by atoms with Gasteiger partial charge in [0.2, 0.25) is 0 Å². The van der Waals surface area contributed by atoms with E-state index in [0.29, 0.717) is 22.8 Å². The molecule has 0 saturated carbocycles. The lowest BCUT2D eigenvalue weighted by Crippen LogP contribution is -2.29. The summed E-state index contributed by atoms with van der Waals surface area (Å²) in [4.78, 5) is 3.43. The molecule has 5 nitrogen and oxygen atoms in total. The van der Waals surface area contributed by atoms with Crippen LogP contribution < -0.4 is 14.0 Å². The highest BCUT2D eigenvalue weighted by atomic mass is 32.2. The molecular formula is C59H51F3N2O3S3. The highest BCUT2D eigenvalue weighted by Crippen LogP contribution is 2.50. The van der Waals surface area contributed by atoms with Gasteiger partial charge in [-0.25, -0.2) is 0 Å². The van der Waals surface area contributed by atoms with Crippen molar-refractivity contribution in [3.63, 3.8) is 0 Å². The molecule has 0 bridgehead atoms. The predicted octanol–water partition coefficient (Wildman–Crippen LogP) is 19.1. The molecule has 0 saturated heterocycles. The topological polar surface area (TPSA) is 49.9 Å². The van der Waals surface area contributed by atoms with Gasteiger partial charge >= 0.3 is 15.6 Å². The Morgan fingerprint density at radius 1 is 0.514 bits per heavy atom. The second kappa shape index (κ2) is 21.2. The van der Waals surface area contributed by atoms with Gasteiger partial charge in [0.1, 0.15) is 0 Å². The first-order chi connectivity index (χ1) is 34.0. The maximum absolute atomic E-state index is 14.5. The van der Waals surface area contributed by atoms with Gasteiger partial charge in [-0.15, -0.1) is 22.7 Å². The maximum Gasteiger partial charge on any atom is 0.534 e. The summed E-state index contributed by atoms with van der Waals surface area (Å²) < 4.78 is 80.1. The first-order valence-electron chi connectivity index (χ1n) is 23.1. The number of alkyl halides is 3. The van der Waals surface area contributed by atoms with Gasteiger partial charge in [0.05, 0.1) is 11.4 Å². The molecule has 2 heterocycles. The summed E-state index contributed by atoms with van der Waals surface area (Å²) in [5.41, 5.74) is 0.612. The van der Waals surface area contributed by atoms with Crippen LogP contribution in [0.15, 0.2) is 206 Å². The molecule has 10 rings (SSSR count). The quantitative estimate of drug-likeness (QED) is 0.0734. The predicted molar refractivity (Wildman–Crippen MR) is 293 cm³/mol. The van der Waals surface area contributed by atoms with E-state index in [1.165, 1.54) is 20.2 Å². The standard InChI is InChI=1S/C55H39F3N2O3S3.2C2H6/c1-3-15-38(4-2)59(39-16-6-5-7-17-39)48-24-14-25-49(52(48)63-66(61,62)55(56,57)58)60(40-32-28-36(29-33-40)42-20-12-22-46-44-18-8-10-26-50(44)64-53(42)46)41-34-30-37(31-35-41)43-21-13-23-47-45-19-9-11-27-51(45)65-54(43)47;2*1-2/h3-35H,1-2H3;2*1-2H3/b15-3-,38-4+;;. The number of nitrogens with zero attached hydrogens (tertiary/aromatic N) is 2. The normalized spacial score (nSPS) is 11.9. The monoisotopic (exact) mass is 988 g/mol. The lowest BCUT2D eigenvalue weighted by Gasteiger charge is -2.32. The highest BCUT2D eigenvalue weighted by molar-refractivity contribution is 7.88. The van der Waals surface area contributed by atoms with Crippen LogP contribution >= 0.6 is 22.7 Å². The number of halogens is 3. The molecule has 70 heavy (non-hydrogen) atoms. The number of rotatable bonds is 11. The lowest BCUT2D eigenvalue weighted by molar-refractivity contribution is -0.0499. The molecule has 0 amide bonds. The Balaban J connectivity index is 0.00000161. The Bertz CT molecular complexity index is 3440. The zero-order chi connectivity index (χ0) is 49.6. The molecule has 0 spiro atoms. The first-order valence-corrected chi connectivity index (χ1v) is 26.2. The highest BCUT2D eigenvalue weighted by Gasteiger charge is 2.49. The summed E-state index contributed by atoms with van der Waals surface area (Å²) in [5.74, 6) is -0.513. The van der Waals surface area contributed by atoms with E-state index in [2.05, 4.69) is 48.5 Å². The minimum atomic E-state index is -6.19. The summed E-state index contributed by atoms with van der Waals surface area (Å²) in [6.45, 7) is 11.6. The van der Waals surface area contributed by atoms with Crippen molar-refractivity contribution < 1.29 is 25.8 Å². The van der Waals surface area contributed by atoms with Crippen LogP contribution in [0.25, 0.3) is 62.6 Å². The van der Waals surface area contributed by atoms with E-state index in [-0.39, 0.29) is 11.4 Å². The van der Waals surface area contributed by atoms with E-state index in [1.807, 2.05) is 126 Å². The first kappa shape index (κ1) is 49.2. The molecule has 0 fully saturated rings. The molecule has 10 aromatic rings. The number of hydrogen-bond acceptors (Lipinski definition) is 7. The summed E-state index contributed by atoms with van der Waals surface area (Å²) in [6.07, 6.45) is 5.40. The van der Waals surface area contributed by atoms with Crippen LogP contribution in [0.1, 0.15) is 41.5 Å². The Morgan fingerprint density at radius 3 is 1.43 bits per heavy atom. The van der Waals surface area contributed by atoms with E-state index in [9.17, 15) is 21.6 Å². The third-order valence-electron chi connectivity index (χ3n) is 11.5. The molecule has 2 aromatic heterocycles. The van der Waals surface area contributed by atoms with Crippen molar-refractivity contribution in [3.05, 3.63) is 206 Å². The van der Waals surface area contributed by atoms with Crippen LogP contribution in [0, 0.1) is 0 Å². The van der Waals surface area contributed by atoms with Crippen molar-refractivity contribution in [1.29, 1.82) is 0 Å². The molecule has 0 aliphatic heterocycles. The number of anilines is 5. The number of benzene rings is 8. The van der Waals surface area contributed by atoms with Crippen LogP contribution in [0.3, 0.4) is 0 Å². The SMILES string of the molecule is C/C=C\C(=C/C)N(c1ccccc1)c1cccc(N(c2ccc(-c3cccc4c3sc3ccccc34)cc2)c2ccc(-c3cccc4c3sc3ccccc34)cc2)c1OS(=O)(=O)C(F)(F)F.CC.CC. The maximum atomic E-state index is 14.5. The zero-order valence-corrected chi connectivity index (χ0v) is 42.0. The van der Waals surface area contributed by atoms with Crippen LogP contribution in [0.5, 0.6) is 5.75 Å². The van der Waals surface area contributed by atoms with Crippen molar-refractivity contribution in [2.24, 2.45) is 0 Å². The van der Waals surface area contributed by atoms with Crippen molar-refractivity contribution in [1.82, 2.24) is 0 Å². The summed E-state index contributed by atoms with van der Waals surface area (Å²) in [6, 6.07) is 58.5. The molecule has 0 N–H and O–H groups in total. The van der Waals surface area contributed by atoms with Gasteiger partial charge in [-0.05, 0) is 103 Å². The van der Waals surface area contributed by atoms with E-state index in [1.54, 1.807) is 100 Å². The van der Waals surface area contributed by atoms with Gasteiger partial charge in [-0.3, -0.25) is 0 Å². The van der Waals surface area contributed by atoms with Crippen molar-refractivity contribution >= 4 is 102 Å². The summed E-state index contributed by atoms with van der Waals surface area (Å²) in [5, 5.41) is 4.65.